The van der Waals surface area contributed by atoms with Crippen molar-refractivity contribution in [3.8, 4) is 17.2 Å². The van der Waals surface area contributed by atoms with Crippen molar-refractivity contribution in [2.75, 3.05) is 7.11 Å². The molecule has 0 aliphatic heterocycles. The minimum Gasteiger partial charge on any atom is -0.475 e. The Morgan fingerprint density at radius 3 is 2.31 bits per heavy atom. The lowest BCUT2D eigenvalue weighted by atomic mass is 9.99. The average Bonchev–Trinajstić information content (AvgIpc) is 2.92. The van der Waals surface area contributed by atoms with Gasteiger partial charge in [0.25, 0.3) is 5.91 Å². The third-order valence-electron chi connectivity index (χ3n) is 5.15. The number of aliphatic carboxylic acids is 1. The highest BCUT2D eigenvalue weighted by molar-refractivity contribution is 5.97. The molecule has 0 radical (unpaired) electrons. The van der Waals surface area contributed by atoms with Crippen molar-refractivity contribution in [1.82, 2.24) is 5.32 Å². The van der Waals surface area contributed by atoms with Crippen LogP contribution in [0.2, 0.25) is 0 Å². The summed E-state index contributed by atoms with van der Waals surface area (Å²) in [5.74, 6) is 1.49. The number of nitrogens with one attached hydrogen (secondary N) is 1. The van der Waals surface area contributed by atoms with Crippen LogP contribution >= 0.6 is 0 Å². The number of carbonyl (C=O) groups is 3. The number of hydrazone groups is 1. The number of alkyl halides is 3. The van der Waals surface area contributed by atoms with Crippen LogP contribution in [0.1, 0.15) is 27.0 Å². The lowest BCUT2D eigenvalue weighted by Crippen LogP contribution is -2.43. The van der Waals surface area contributed by atoms with Gasteiger partial charge in [-0.25, -0.2) is 9.59 Å². The monoisotopic (exact) mass is 540 g/mol. The van der Waals surface area contributed by atoms with Crippen molar-refractivity contribution in [2.24, 2.45) is 10.9 Å². The van der Waals surface area contributed by atoms with Crippen molar-refractivity contribution in [2.45, 2.75) is 18.6 Å². The van der Waals surface area contributed by atoms with Crippen molar-refractivity contribution < 1.29 is 37.4 Å². The summed E-state index contributed by atoms with van der Waals surface area (Å²) in [5.41, 5.74) is 4.16. The summed E-state index contributed by atoms with van der Waals surface area (Å²) in [5, 5.41) is 22.7. The number of ether oxygens (including phenoxy) is 1. The molecule has 1 atom stereocenters. The van der Waals surface area contributed by atoms with E-state index in [1.54, 1.807) is 36.4 Å². The zero-order valence-corrected chi connectivity index (χ0v) is 20.5. The number of halogens is 3. The highest BCUT2D eigenvalue weighted by Crippen LogP contribution is 2.23. The fraction of sp³-hybridized carbons (Fsp3) is 0.148. The van der Waals surface area contributed by atoms with Gasteiger partial charge in [0.15, 0.2) is 0 Å². The SMILES string of the molecule is COC(=O)[C@H](Cc1cccc(/C=N\N)c1)NC(=O)c1ccc(-c2ccccc2C#N)cc1.O=C(O)C(F)(F)F. The van der Waals surface area contributed by atoms with E-state index in [1.165, 1.54) is 13.3 Å². The molecule has 1 amide bonds. The first-order valence-corrected chi connectivity index (χ1v) is 11.1. The maximum Gasteiger partial charge on any atom is 0.490 e. The molecule has 0 heterocycles. The Hall–Kier alpha value is -5.18. The van der Waals surface area contributed by atoms with E-state index in [9.17, 15) is 28.0 Å². The Balaban J connectivity index is 0.000000673. The second kappa shape index (κ2) is 13.9. The largest absolute Gasteiger partial charge is 0.490 e. The minimum absolute atomic E-state index is 0.248. The van der Waals surface area contributed by atoms with Crippen LogP contribution in [0.4, 0.5) is 13.2 Å². The molecule has 3 rings (SSSR count). The van der Waals surface area contributed by atoms with Crippen LogP contribution in [0.5, 0.6) is 0 Å². The topological polar surface area (TPSA) is 155 Å². The Morgan fingerprint density at radius 2 is 1.74 bits per heavy atom. The smallest absolute Gasteiger partial charge is 0.475 e. The molecule has 0 saturated heterocycles. The van der Waals surface area contributed by atoms with Crippen LogP contribution in [0.25, 0.3) is 11.1 Å². The molecule has 4 N–H and O–H groups in total. The Kier molecular flexibility index (Phi) is 10.7. The van der Waals surface area contributed by atoms with E-state index in [1.807, 2.05) is 36.4 Å². The van der Waals surface area contributed by atoms with Gasteiger partial charge in [-0.2, -0.15) is 23.5 Å². The predicted molar refractivity (Wildman–Crippen MR) is 135 cm³/mol. The number of benzene rings is 3. The van der Waals surface area contributed by atoms with E-state index >= 15 is 0 Å². The average molecular weight is 540 g/mol. The summed E-state index contributed by atoms with van der Waals surface area (Å²) >= 11 is 0. The molecule has 0 saturated carbocycles. The molecule has 3 aromatic carbocycles. The number of hydrogen-bond acceptors (Lipinski definition) is 7. The maximum atomic E-state index is 12.8. The number of carboxylic acids is 1. The molecule has 0 bridgehead atoms. The summed E-state index contributed by atoms with van der Waals surface area (Å²) in [6, 6.07) is 22.7. The molecule has 0 aliphatic carbocycles. The molecule has 0 spiro atoms. The first kappa shape index (κ1) is 30.0. The van der Waals surface area contributed by atoms with E-state index in [0.29, 0.717) is 11.1 Å². The van der Waals surface area contributed by atoms with Crippen LogP contribution in [-0.4, -0.2) is 48.5 Å². The predicted octanol–water partition coefficient (Wildman–Crippen LogP) is 3.67. The number of nitrogens with two attached hydrogens (primary N) is 1. The first-order valence-electron chi connectivity index (χ1n) is 11.1. The lowest BCUT2D eigenvalue weighted by Gasteiger charge is -2.17. The summed E-state index contributed by atoms with van der Waals surface area (Å²) in [6.07, 6.45) is -3.33. The van der Waals surface area contributed by atoms with Gasteiger partial charge in [-0.15, -0.1) is 0 Å². The van der Waals surface area contributed by atoms with Crippen molar-refractivity contribution in [1.29, 1.82) is 5.26 Å². The summed E-state index contributed by atoms with van der Waals surface area (Å²) in [4.78, 5) is 34.0. The summed E-state index contributed by atoms with van der Waals surface area (Å²) < 4.78 is 36.6. The standard InChI is InChI=1S/C25H22N4O3.C2HF3O2/c1-32-25(31)23(14-17-5-4-6-18(13-17)16-28-27)29-24(30)20-11-9-19(10-12-20)22-8-3-2-7-21(22)15-26;3-2(4,5)1(6)7/h2-13,16,23H,14,27H2,1H3,(H,29,30);(H,6,7)/b28-16-;/t23-;/m0./s1. The van der Waals surface area contributed by atoms with Gasteiger partial charge in [-0.3, -0.25) is 4.79 Å². The van der Waals surface area contributed by atoms with E-state index in [4.69, 9.17) is 20.5 Å². The number of amides is 1. The van der Waals surface area contributed by atoms with Crippen LogP contribution in [0, 0.1) is 11.3 Å². The highest BCUT2D eigenvalue weighted by atomic mass is 19.4. The molecule has 12 heteroatoms. The minimum atomic E-state index is -5.08. The Bertz CT molecular complexity index is 1380. The number of nitriles is 1. The molecule has 39 heavy (non-hydrogen) atoms. The molecule has 0 fully saturated rings. The normalized spacial score (nSPS) is 11.5. The Morgan fingerprint density at radius 1 is 1.10 bits per heavy atom. The maximum absolute atomic E-state index is 12.8. The fourth-order valence-corrected chi connectivity index (χ4v) is 3.33. The number of carbonyl (C=O) groups excluding carboxylic acids is 2. The number of hydrogen-bond donors (Lipinski definition) is 3. The quantitative estimate of drug-likeness (QED) is 0.179. The number of carboxylic acid groups (broad SMARTS) is 1. The molecule has 9 nitrogen and oxygen atoms in total. The van der Waals surface area contributed by atoms with Crippen LogP contribution < -0.4 is 11.2 Å². The molecule has 0 aliphatic rings. The highest BCUT2D eigenvalue weighted by Gasteiger charge is 2.38. The zero-order chi connectivity index (χ0) is 29.0. The van der Waals surface area contributed by atoms with Crippen LogP contribution in [0.15, 0.2) is 77.9 Å². The van der Waals surface area contributed by atoms with Crippen molar-refractivity contribution in [3.05, 3.63) is 95.1 Å². The Labute approximate surface area is 221 Å². The molecular weight excluding hydrogens is 517 g/mol. The van der Waals surface area contributed by atoms with Gasteiger partial charge < -0.3 is 21.0 Å². The van der Waals surface area contributed by atoms with E-state index in [0.717, 1.165) is 22.3 Å². The van der Waals surface area contributed by atoms with Crippen LogP contribution in [0.3, 0.4) is 0 Å². The third-order valence-corrected chi connectivity index (χ3v) is 5.15. The molecule has 0 aromatic heterocycles. The van der Waals surface area contributed by atoms with E-state index in [-0.39, 0.29) is 6.42 Å². The van der Waals surface area contributed by atoms with E-state index in [2.05, 4.69) is 16.5 Å². The number of rotatable bonds is 7. The van der Waals surface area contributed by atoms with Gasteiger partial charge >= 0.3 is 18.1 Å². The van der Waals surface area contributed by atoms with Gasteiger partial charge in [-0.1, -0.05) is 54.6 Å². The fourth-order valence-electron chi connectivity index (χ4n) is 3.33. The molecule has 0 unspecified atom stereocenters. The number of nitrogens with zero attached hydrogens (tertiary/aromatic N) is 2. The summed E-state index contributed by atoms with van der Waals surface area (Å²) in [7, 11) is 1.28. The van der Waals surface area contributed by atoms with Gasteiger partial charge in [0.05, 0.1) is 25.0 Å². The van der Waals surface area contributed by atoms with E-state index < -0.39 is 30.1 Å². The second-order valence-electron chi connectivity index (χ2n) is 7.81. The van der Waals surface area contributed by atoms with Gasteiger partial charge in [-0.05, 0) is 40.5 Å². The lowest BCUT2D eigenvalue weighted by molar-refractivity contribution is -0.192. The third kappa shape index (κ3) is 9.01. The van der Waals surface area contributed by atoms with Gasteiger partial charge in [0.1, 0.15) is 6.04 Å². The molecule has 202 valence electrons. The van der Waals surface area contributed by atoms with Crippen LogP contribution in [-0.2, 0) is 20.7 Å². The van der Waals surface area contributed by atoms with Crippen molar-refractivity contribution >= 4 is 24.1 Å². The molecular formula is C27H23F3N4O5. The van der Waals surface area contributed by atoms with Crippen molar-refractivity contribution in [3.63, 3.8) is 0 Å². The first-order chi connectivity index (χ1) is 18.5. The number of esters is 1. The molecule has 3 aromatic rings. The number of methoxy groups -OCH3 is 1. The van der Waals surface area contributed by atoms with Gasteiger partial charge in [0.2, 0.25) is 0 Å². The second-order valence-corrected chi connectivity index (χ2v) is 7.81. The van der Waals surface area contributed by atoms with Gasteiger partial charge in [0, 0.05) is 12.0 Å². The summed E-state index contributed by atoms with van der Waals surface area (Å²) in [6.45, 7) is 0. The zero-order valence-electron chi connectivity index (χ0n) is 20.5.